The van der Waals surface area contributed by atoms with Gasteiger partial charge in [0.15, 0.2) is 0 Å². The number of halogens is 4. The van der Waals surface area contributed by atoms with E-state index in [-0.39, 0.29) is 15.7 Å². The number of aromatic nitrogens is 1. The summed E-state index contributed by atoms with van der Waals surface area (Å²) in [4.78, 5) is 3.68. The van der Waals surface area contributed by atoms with Crippen LogP contribution in [0, 0.1) is 0 Å². The molecule has 1 unspecified atom stereocenters. The van der Waals surface area contributed by atoms with Crippen molar-refractivity contribution < 1.29 is 8.78 Å². The highest BCUT2D eigenvalue weighted by Crippen LogP contribution is 2.58. The first-order valence-electron chi connectivity index (χ1n) is 3.85. The van der Waals surface area contributed by atoms with Gasteiger partial charge in [-0.3, -0.25) is 0 Å². The Balaban J connectivity index is 2.45. The van der Waals surface area contributed by atoms with E-state index in [2.05, 4.69) is 4.98 Å². The van der Waals surface area contributed by atoms with Gasteiger partial charge in [-0.1, -0.05) is 23.2 Å². The topological polar surface area (TPSA) is 38.9 Å². The maximum Gasteiger partial charge on any atom is 0.272 e. The molecular weight excluding hydrogens is 233 g/mol. The molecule has 0 bridgehead atoms. The van der Waals surface area contributed by atoms with Crippen LogP contribution < -0.4 is 5.73 Å². The fraction of sp³-hybridized carbons (Fsp3) is 0.375. The molecule has 0 aliphatic heterocycles. The Morgan fingerprint density at radius 2 is 2.00 bits per heavy atom. The Kier molecular flexibility index (Phi) is 2.00. The number of hydrogen-bond acceptors (Lipinski definition) is 2. The minimum atomic E-state index is -2.90. The molecule has 1 aliphatic rings. The lowest BCUT2D eigenvalue weighted by Gasteiger charge is -2.11. The molecule has 1 aliphatic carbocycles. The maximum atomic E-state index is 12.9. The molecular formula is C8H6Cl2F2N2. The lowest BCUT2D eigenvalue weighted by molar-refractivity contribution is 0.0890. The summed E-state index contributed by atoms with van der Waals surface area (Å²) in [7, 11) is 0. The van der Waals surface area contributed by atoms with E-state index in [4.69, 9.17) is 28.9 Å². The zero-order valence-electron chi connectivity index (χ0n) is 6.90. The minimum absolute atomic E-state index is 0.129. The van der Waals surface area contributed by atoms with Crippen molar-refractivity contribution in [2.24, 2.45) is 5.73 Å². The maximum absolute atomic E-state index is 12.9. The van der Waals surface area contributed by atoms with Crippen LogP contribution in [0.3, 0.4) is 0 Å². The third-order valence-corrected chi connectivity index (χ3v) is 2.85. The molecule has 0 saturated heterocycles. The van der Waals surface area contributed by atoms with Crippen LogP contribution in [-0.4, -0.2) is 10.9 Å². The van der Waals surface area contributed by atoms with E-state index in [0.717, 1.165) is 0 Å². The highest BCUT2D eigenvalue weighted by Gasteiger charge is 2.70. The lowest BCUT2D eigenvalue weighted by atomic mass is 10.1. The van der Waals surface area contributed by atoms with Crippen molar-refractivity contribution in [1.82, 2.24) is 4.98 Å². The second-order valence-corrected chi connectivity index (χ2v) is 4.13. The lowest BCUT2D eigenvalue weighted by Crippen LogP contribution is -2.27. The summed E-state index contributed by atoms with van der Waals surface area (Å²) in [5, 5.41) is 0.288. The quantitative estimate of drug-likeness (QED) is 0.765. The largest absolute Gasteiger partial charge is 0.316 e. The van der Waals surface area contributed by atoms with Gasteiger partial charge in [0.1, 0.15) is 10.7 Å². The van der Waals surface area contributed by atoms with E-state index in [1.165, 1.54) is 12.3 Å². The predicted octanol–water partition coefficient (Wildman–Crippen LogP) is 2.58. The molecule has 1 atom stereocenters. The van der Waals surface area contributed by atoms with Crippen LogP contribution in [0.5, 0.6) is 0 Å². The number of hydrogen-bond donors (Lipinski definition) is 1. The summed E-state index contributed by atoms with van der Waals surface area (Å²) in [5.74, 6) is -2.90. The Morgan fingerprint density at radius 1 is 1.43 bits per heavy atom. The van der Waals surface area contributed by atoms with E-state index in [1.54, 1.807) is 0 Å². The fourth-order valence-electron chi connectivity index (χ4n) is 1.33. The Bertz CT molecular complexity index is 397. The third kappa shape index (κ3) is 1.29. The van der Waals surface area contributed by atoms with Gasteiger partial charge >= 0.3 is 0 Å². The van der Waals surface area contributed by atoms with E-state index in [1.807, 2.05) is 0 Å². The average Bonchev–Trinajstić information content (AvgIpc) is 2.50. The summed E-state index contributed by atoms with van der Waals surface area (Å²) < 4.78 is 25.8. The minimum Gasteiger partial charge on any atom is -0.316 e. The van der Waals surface area contributed by atoms with Gasteiger partial charge in [-0.25, -0.2) is 13.8 Å². The third-order valence-electron chi connectivity index (χ3n) is 2.33. The zero-order valence-corrected chi connectivity index (χ0v) is 8.41. The molecule has 2 N–H and O–H groups in total. The fourth-order valence-corrected chi connectivity index (χ4v) is 1.87. The summed E-state index contributed by atoms with van der Waals surface area (Å²) in [6, 6.07) is 1.31. The Labute approximate surface area is 89.0 Å². The number of nitrogens with zero attached hydrogens (tertiary/aromatic N) is 1. The highest BCUT2D eigenvalue weighted by molar-refractivity contribution is 6.34. The first-order chi connectivity index (χ1) is 6.37. The van der Waals surface area contributed by atoms with Crippen molar-refractivity contribution in [1.29, 1.82) is 0 Å². The first kappa shape index (κ1) is 10.1. The first-order valence-corrected chi connectivity index (χ1v) is 4.61. The van der Waals surface area contributed by atoms with Crippen LogP contribution in [0.1, 0.15) is 12.0 Å². The van der Waals surface area contributed by atoms with Crippen molar-refractivity contribution in [3.8, 4) is 0 Å². The van der Waals surface area contributed by atoms with Crippen LogP contribution in [0.4, 0.5) is 8.78 Å². The number of rotatable bonds is 1. The second-order valence-electron chi connectivity index (χ2n) is 3.34. The zero-order chi connectivity index (χ0) is 10.6. The van der Waals surface area contributed by atoms with Crippen LogP contribution >= 0.6 is 23.2 Å². The summed E-state index contributed by atoms with van der Waals surface area (Å²) in [6.45, 7) is 0. The van der Waals surface area contributed by atoms with Gasteiger partial charge < -0.3 is 5.73 Å². The number of alkyl halides is 2. The van der Waals surface area contributed by atoms with Gasteiger partial charge in [-0.05, 0) is 6.07 Å². The molecule has 1 aromatic rings. The van der Waals surface area contributed by atoms with E-state index in [0.29, 0.717) is 0 Å². The van der Waals surface area contributed by atoms with Gasteiger partial charge in [0.2, 0.25) is 0 Å². The molecule has 0 amide bonds. The average molecular weight is 239 g/mol. The van der Waals surface area contributed by atoms with Crippen molar-refractivity contribution in [3.63, 3.8) is 0 Å². The SMILES string of the molecule is NC1(c2cnc(Cl)cc2Cl)CC1(F)F. The molecule has 14 heavy (non-hydrogen) atoms. The Hall–Kier alpha value is -0.450. The molecule has 76 valence electrons. The highest BCUT2D eigenvalue weighted by atomic mass is 35.5. The van der Waals surface area contributed by atoms with Crippen molar-refractivity contribution >= 4 is 23.2 Å². The summed E-state index contributed by atoms with van der Waals surface area (Å²) in [6.07, 6.45) is 0.800. The van der Waals surface area contributed by atoms with Crippen LogP contribution in [0.25, 0.3) is 0 Å². The van der Waals surface area contributed by atoms with E-state index < -0.39 is 17.9 Å². The summed E-state index contributed by atoms with van der Waals surface area (Å²) >= 11 is 11.3. The van der Waals surface area contributed by atoms with Gasteiger partial charge in [-0.15, -0.1) is 0 Å². The van der Waals surface area contributed by atoms with E-state index >= 15 is 0 Å². The van der Waals surface area contributed by atoms with Crippen molar-refractivity contribution in [2.75, 3.05) is 0 Å². The van der Waals surface area contributed by atoms with Gasteiger partial charge in [-0.2, -0.15) is 0 Å². The molecule has 2 rings (SSSR count). The summed E-state index contributed by atoms with van der Waals surface area (Å²) in [5.41, 5.74) is 3.96. The van der Waals surface area contributed by atoms with Crippen LogP contribution in [0.2, 0.25) is 10.2 Å². The molecule has 1 fully saturated rings. The van der Waals surface area contributed by atoms with Crippen molar-refractivity contribution in [2.45, 2.75) is 17.9 Å². The van der Waals surface area contributed by atoms with Crippen LogP contribution in [0.15, 0.2) is 12.3 Å². The molecule has 6 heteroatoms. The monoisotopic (exact) mass is 238 g/mol. The van der Waals surface area contributed by atoms with E-state index in [9.17, 15) is 8.78 Å². The molecule has 0 spiro atoms. The van der Waals surface area contributed by atoms with Gasteiger partial charge in [0.05, 0.1) is 5.02 Å². The molecule has 1 aromatic heterocycles. The standard InChI is InChI=1S/C8H6Cl2F2N2/c9-5-1-6(10)14-2-4(5)7(13)3-8(7,11)12/h1-2H,3,13H2. The van der Waals surface area contributed by atoms with Gasteiger partial charge in [0.25, 0.3) is 5.92 Å². The normalized spacial score (nSPS) is 28.9. The van der Waals surface area contributed by atoms with Gasteiger partial charge in [0, 0.05) is 18.2 Å². The molecule has 0 aromatic carbocycles. The van der Waals surface area contributed by atoms with Crippen LogP contribution in [-0.2, 0) is 5.54 Å². The second kappa shape index (κ2) is 2.78. The molecule has 1 saturated carbocycles. The smallest absolute Gasteiger partial charge is 0.272 e. The molecule has 0 radical (unpaired) electrons. The number of pyridine rings is 1. The molecule has 1 heterocycles. The predicted molar refractivity (Wildman–Crippen MR) is 49.7 cm³/mol. The molecule has 2 nitrogen and oxygen atoms in total. The Morgan fingerprint density at radius 3 is 2.43 bits per heavy atom. The van der Waals surface area contributed by atoms with Crippen molar-refractivity contribution in [3.05, 3.63) is 28.0 Å². The number of nitrogens with two attached hydrogens (primary N) is 1.